The molecule has 0 atom stereocenters. The van der Waals surface area contributed by atoms with Crippen molar-refractivity contribution in [1.82, 2.24) is 0 Å². The lowest BCUT2D eigenvalue weighted by molar-refractivity contribution is 0.208. The molecule has 3 heteroatoms. The standard InChI is InChI=1S/C18H22O2Si/c1-4-16-12-14-18(15-13-16)21(19-5-2,20-6-3)17-10-8-7-9-11-17/h4,7-15H,1,5-6H2,2-3H3. The topological polar surface area (TPSA) is 18.5 Å². The van der Waals surface area contributed by atoms with Crippen LogP contribution in [0.4, 0.5) is 0 Å². The maximum absolute atomic E-state index is 6.21. The summed E-state index contributed by atoms with van der Waals surface area (Å²) in [6, 6.07) is 18.6. The van der Waals surface area contributed by atoms with Gasteiger partial charge in [-0.15, -0.1) is 0 Å². The first kappa shape index (κ1) is 15.7. The molecule has 2 aromatic carbocycles. The van der Waals surface area contributed by atoms with Crippen LogP contribution in [0.15, 0.2) is 61.2 Å². The second-order valence-electron chi connectivity index (χ2n) is 4.67. The molecule has 0 spiro atoms. The van der Waals surface area contributed by atoms with Crippen molar-refractivity contribution in [2.24, 2.45) is 0 Å². The predicted molar refractivity (Wildman–Crippen MR) is 91.2 cm³/mol. The van der Waals surface area contributed by atoms with E-state index < -0.39 is 8.56 Å². The van der Waals surface area contributed by atoms with E-state index in [1.807, 2.05) is 38.1 Å². The highest BCUT2D eigenvalue weighted by molar-refractivity contribution is 6.92. The van der Waals surface area contributed by atoms with Gasteiger partial charge in [0.15, 0.2) is 0 Å². The van der Waals surface area contributed by atoms with E-state index in [9.17, 15) is 0 Å². The van der Waals surface area contributed by atoms with E-state index in [1.54, 1.807) is 0 Å². The van der Waals surface area contributed by atoms with Crippen LogP contribution in [0.5, 0.6) is 0 Å². The van der Waals surface area contributed by atoms with Gasteiger partial charge in [0.25, 0.3) is 0 Å². The Labute approximate surface area is 128 Å². The van der Waals surface area contributed by atoms with E-state index in [1.165, 1.54) is 0 Å². The van der Waals surface area contributed by atoms with E-state index in [4.69, 9.17) is 8.85 Å². The fourth-order valence-corrected chi connectivity index (χ4v) is 5.58. The van der Waals surface area contributed by atoms with Gasteiger partial charge in [-0.1, -0.05) is 67.3 Å². The van der Waals surface area contributed by atoms with Crippen molar-refractivity contribution < 1.29 is 8.85 Å². The summed E-state index contributed by atoms with van der Waals surface area (Å²) >= 11 is 0. The highest BCUT2D eigenvalue weighted by Gasteiger charge is 2.41. The zero-order chi connectivity index (χ0) is 15.1. The third-order valence-corrected chi connectivity index (χ3v) is 6.95. The van der Waals surface area contributed by atoms with Crippen molar-refractivity contribution in [3.05, 3.63) is 66.7 Å². The molecule has 2 aromatic rings. The summed E-state index contributed by atoms with van der Waals surface area (Å²) in [5.74, 6) is 0. The molecular formula is C18H22O2Si. The average molecular weight is 298 g/mol. The maximum Gasteiger partial charge on any atom is 0.407 e. The third kappa shape index (κ3) is 3.32. The second-order valence-corrected chi connectivity index (χ2v) is 7.64. The van der Waals surface area contributed by atoms with Crippen LogP contribution in [0.2, 0.25) is 0 Å². The van der Waals surface area contributed by atoms with Crippen LogP contribution in [0.3, 0.4) is 0 Å². The van der Waals surface area contributed by atoms with Crippen LogP contribution in [0.1, 0.15) is 19.4 Å². The highest BCUT2D eigenvalue weighted by atomic mass is 28.4. The second kappa shape index (κ2) is 7.36. The average Bonchev–Trinajstić information content (AvgIpc) is 2.55. The van der Waals surface area contributed by atoms with Gasteiger partial charge in [-0.2, -0.15) is 0 Å². The Morgan fingerprint density at radius 3 is 1.86 bits per heavy atom. The SMILES string of the molecule is C=Cc1ccc([Si](OCC)(OCC)c2ccccc2)cc1. The van der Waals surface area contributed by atoms with Gasteiger partial charge < -0.3 is 8.85 Å². The minimum absolute atomic E-state index is 0.629. The van der Waals surface area contributed by atoms with Crippen LogP contribution in [0.25, 0.3) is 6.08 Å². The van der Waals surface area contributed by atoms with Gasteiger partial charge in [0, 0.05) is 13.2 Å². The Morgan fingerprint density at radius 2 is 1.38 bits per heavy atom. The van der Waals surface area contributed by atoms with Crippen LogP contribution in [-0.4, -0.2) is 21.8 Å². The lowest BCUT2D eigenvalue weighted by atomic mass is 10.2. The molecule has 0 unspecified atom stereocenters. The first-order valence-corrected chi connectivity index (χ1v) is 9.15. The molecule has 2 nitrogen and oxygen atoms in total. The van der Waals surface area contributed by atoms with Crippen LogP contribution in [0, 0.1) is 0 Å². The Balaban J connectivity index is 2.54. The molecule has 21 heavy (non-hydrogen) atoms. The van der Waals surface area contributed by atoms with Crippen molar-refractivity contribution >= 4 is 25.0 Å². The van der Waals surface area contributed by atoms with Crippen molar-refractivity contribution in [3.8, 4) is 0 Å². The van der Waals surface area contributed by atoms with Gasteiger partial charge >= 0.3 is 8.56 Å². The Kier molecular flexibility index (Phi) is 5.50. The monoisotopic (exact) mass is 298 g/mol. The number of rotatable bonds is 7. The minimum Gasteiger partial charge on any atom is -0.388 e. The van der Waals surface area contributed by atoms with Gasteiger partial charge in [-0.3, -0.25) is 0 Å². The molecule has 0 heterocycles. The zero-order valence-electron chi connectivity index (χ0n) is 12.7. The molecule has 110 valence electrons. The summed E-state index contributed by atoms with van der Waals surface area (Å²) in [7, 11) is -2.62. The normalized spacial score (nSPS) is 11.3. The smallest absolute Gasteiger partial charge is 0.388 e. The van der Waals surface area contributed by atoms with Gasteiger partial charge in [0.2, 0.25) is 0 Å². The van der Waals surface area contributed by atoms with Crippen molar-refractivity contribution in [2.75, 3.05) is 13.2 Å². The van der Waals surface area contributed by atoms with E-state index in [-0.39, 0.29) is 0 Å². The Morgan fingerprint density at radius 1 is 0.857 bits per heavy atom. The third-order valence-electron chi connectivity index (χ3n) is 3.38. The molecule has 0 radical (unpaired) electrons. The summed E-state index contributed by atoms with van der Waals surface area (Å²) in [6.45, 7) is 9.09. The molecule has 0 N–H and O–H groups in total. The fourth-order valence-electron chi connectivity index (χ4n) is 2.44. The number of benzene rings is 2. The predicted octanol–water partition coefficient (Wildman–Crippen LogP) is 2.96. The fraction of sp³-hybridized carbons (Fsp3) is 0.222. The van der Waals surface area contributed by atoms with Gasteiger partial charge in [0.1, 0.15) is 0 Å². The molecule has 0 amide bonds. The molecular weight excluding hydrogens is 276 g/mol. The summed E-state index contributed by atoms with van der Waals surface area (Å²) in [4.78, 5) is 0. The molecule has 0 bridgehead atoms. The molecule has 0 aromatic heterocycles. The van der Waals surface area contributed by atoms with Crippen LogP contribution in [-0.2, 0) is 8.85 Å². The maximum atomic E-state index is 6.21. The minimum atomic E-state index is -2.62. The largest absolute Gasteiger partial charge is 0.407 e. The lowest BCUT2D eigenvalue weighted by Crippen LogP contribution is -2.63. The first-order valence-electron chi connectivity index (χ1n) is 7.33. The molecule has 0 aliphatic carbocycles. The molecule has 0 fully saturated rings. The van der Waals surface area contributed by atoms with Gasteiger partial charge in [0.05, 0.1) is 0 Å². The molecule has 0 saturated heterocycles. The Hall–Kier alpha value is -1.68. The van der Waals surface area contributed by atoms with Gasteiger partial charge in [-0.25, -0.2) is 0 Å². The van der Waals surface area contributed by atoms with E-state index in [0.29, 0.717) is 13.2 Å². The first-order chi connectivity index (χ1) is 10.3. The summed E-state index contributed by atoms with van der Waals surface area (Å²) in [5.41, 5.74) is 1.10. The van der Waals surface area contributed by atoms with Gasteiger partial charge in [-0.05, 0) is 29.8 Å². The quantitative estimate of drug-likeness (QED) is 0.732. The summed E-state index contributed by atoms with van der Waals surface area (Å²) in [6.07, 6.45) is 1.84. The molecule has 2 rings (SSSR count). The summed E-state index contributed by atoms with van der Waals surface area (Å²) < 4.78 is 12.4. The van der Waals surface area contributed by atoms with E-state index >= 15 is 0 Å². The lowest BCUT2D eigenvalue weighted by Gasteiger charge is -2.30. The van der Waals surface area contributed by atoms with Crippen molar-refractivity contribution in [1.29, 1.82) is 0 Å². The van der Waals surface area contributed by atoms with E-state index in [2.05, 4.69) is 43.0 Å². The molecule has 0 aliphatic rings. The highest BCUT2D eigenvalue weighted by Crippen LogP contribution is 2.11. The molecule has 0 aliphatic heterocycles. The Bertz CT molecular complexity index is 558. The molecule has 0 saturated carbocycles. The van der Waals surface area contributed by atoms with Crippen molar-refractivity contribution in [3.63, 3.8) is 0 Å². The number of hydrogen-bond acceptors (Lipinski definition) is 2. The van der Waals surface area contributed by atoms with Crippen LogP contribution >= 0.6 is 0 Å². The number of hydrogen-bond donors (Lipinski definition) is 0. The summed E-state index contributed by atoms with van der Waals surface area (Å²) in [5, 5.41) is 2.27. The van der Waals surface area contributed by atoms with Crippen LogP contribution < -0.4 is 10.4 Å². The van der Waals surface area contributed by atoms with Crippen molar-refractivity contribution in [2.45, 2.75) is 13.8 Å². The van der Waals surface area contributed by atoms with E-state index in [0.717, 1.165) is 15.9 Å². The zero-order valence-corrected chi connectivity index (χ0v) is 13.7.